The van der Waals surface area contributed by atoms with E-state index in [2.05, 4.69) is 68.7 Å². The molecule has 3 aromatic rings. The maximum atomic E-state index is 9.06. The molecule has 0 radical (unpaired) electrons. The second kappa shape index (κ2) is 7.55. The standard InChI is InChI=1S/C23H25NOSi2/c1-26(2,22-14-10-19(18-24)11-15-22)27(3,4)23-16-12-21(13-17-23)25-20-8-6-5-7-9-20/h5-17H,1-4H3. The normalized spacial score (nSPS) is 11.7. The van der Waals surface area contributed by atoms with E-state index in [4.69, 9.17) is 10.00 Å². The highest BCUT2D eigenvalue weighted by molar-refractivity contribution is 7.49. The topological polar surface area (TPSA) is 33.0 Å². The van der Waals surface area contributed by atoms with Gasteiger partial charge < -0.3 is 4.74 Å². The Morgan fingerprint density at radius 2 is 1.07 bits per heavy atom. The highest BCUT2D eigenvalue weighted by Crippen LogP contribution is 2.23. The highest BCUT2D eigenvalue weighted by Gasteiger charge is 2.43. The SMILES string of the molecule is C[Si](C)(c1ccc(C#N)cc1)[Si](C)(C)c1ccc(Oc2ccccc2)cc1. The molecule has 4 heteroatoms. The lowest BCUT2D eigenvalue weighted by Crippen LogP contribution is -2.69. The molecule has 3 rings (SSSR count). The Kier molecular flexibility index (Phi) is 5.36. The van der Waals surface area contributed by atoms with Crippen molar-refractivity contribution in [1.82, 2.24) is 0 Å². The van der Waals surface area contributed by atoms with Gasteiger partial charge in [-0.2, -0.15) is 5.26 Å². The number of hydrogen-bond donors (Lipinski definition) is 0. The van der Waals surface area contributed by atoms with Crippen LogP contribution in [0.3, 0.4) is 0 Å². The fourth-order valence-corrected chi connectivity index (χ4v) is 12.0. The van der Waals surface area contributed by atoms with Crippen LogP contribution >= 0.6 is 0 Å². The minimum Gasteiger partial charge on any atom is -0.457 e. The molecule has 0 amide bonds. The van der Waals surface area contributed by atoms with Gasteiger partial charge in [-0.15, -0.1) is 0 Å². The van der Waals surface area contributed by atoms with Gasteiger partial charge in [0.1, 0.15) is 11.5 Å². The molecule has 0 bridgehead atoms. The highest BCUT2D eigenvalue weighted by atomic mass is 29.3. The molecule has 0 saturated heterocycles. The quantitative estimate of drug-likeness (QED) is 0.580. The summed E-state index contributed by atoms with van der Waals surface area (Å²) in [5, 5.41) is 11.9. The number of ether oxygens (including phenoxy) is 1. The summed E-state index contributed by atoms with van der Waals surface area (Å²) < 4.78 is 5.94. The van der Waals surface area contributed by atoms with Crippen molar-refractivity contribution in [2.45, 2.75) is 26.2 Å². The lowest BCUT2D eigenvalue weighted by molar-refractivity contribution is 0.483. The fraction of sp³-hybridized carbons (Fsp3) is 0.174. The minimum atomic E-state index is -1.69. The van der Waals surface area contributed by atoms with Gasteiger partial charge in [0.2, 0.25) is 0 Å². The van der Waals surface area contributed by atoms with Crippen LogP contribution in [0.4, 0.5) is 0 Å². The Hall–Kier alpha value is -2.62. The first-order valence-electron chi connectivity index (χ1n) is 9.19. The molecule has 0 fully saturated rings. The monoisotopic (exact) mass is 387 g/mol. The second-order valence-corrected chi connectivity index (χ2v) is 23.0. The second-order valence-electron chi connectivity index (χ2n) is 7.88. The molecule has 0 unspecified atom stereocenters. The molecule has 27 heavy (non-hydrogen) atoms. The van der Waals surface area contributed by atoms with Crippen LogP contribution in [0.5, 0.6) is 11.5 Å². The van der Waals surface area contributed by atoms with E-state index in [1.54, 1.807) is 0 Å². The van der Waals surface area contributed by atoms with Crippen molar-refractivity contribution in [3.63, 3.8) is 0 Å². The fourth-order valence-electron chi connectivity index (χ4n) is 3.25. The Morgan fingerprint density at radius 3 is 1.56 bits per heavy atom. The molecule has 0 saturated carbocycles. The minimum absolute atomic E-state index is 0.727. The molecule has 0 aliphatic rings. The Labute approximate surface area is 163 Å². The molecule has 2 nitrogen and oxygen atoms in total. The smallest absolute Gasteiger partial charge is 0.127 e. The van der Waals surface area contributed by atoms with Gasteiger partial charge in [-0.3, -0.25) is 0 Å². The summed E-state index contributed by atoms with van der Waals surface area (Å²) >= 11 is 0. The van der Waals surface area contributed by atoms with Crippen molar-refractivity contribution < 1.29 is 4.74 Å². The zero-order chi connectivity index (χ0) is 19.5. The van der Waals surface area contributed by atoms with Gasteiger partial charge in [0.25, 0.3) is 0 Å². The molecule has 3 aromatic carbocycles. The number of nitrogens with zero attached hydrogens (tertiary/aromatic N) is 1. The van der Waals surface area contributed by atoms with E-state index >= 15 is 0 Å². The third-order valence-corrected chi connectivity index (χ3v) is 23.6. The predicted octanol–water partition coefficient (Wildman–Crippen LogP) is 4.96. The van der Waals surface area contributed by atoms with Gasteiger partial charge in [0.05, 0.1) is 26.8 Å². The summed E-state index contributed by atoms with van der Waals surface area (Å²) in [6.45, 7) is 9.83. The van der Waals surface area contributed by atoms with Crippen LogP contribution < -0.4 is 15.1 Å². The lowest BCUT2D eigenvalue weighted by Gasteiger charge is -2.39. The molecule has 0 spiro atoms. The van der Waals surface area contributed by atoms with Gasteiger partial charge in [0, 0.05) is 0 Å². The van der Waals surface area contributed by atoms with E-state index < -0.39 is 15.2 Å². The number of hydrogen-bond acceptors (Lipinski definition) is 2. The molecule has 0 aromatic heterocycles. The van der Waals surface area contributed by atoms with Crippen LogP contribution in [0.2, 0.25) is 26.2 Å². The molecule has 0 heterocycles. The first kappa shape index (κ1) is 19.2. The van der Waals surface area contributed by atoms with Gasteiger partial charge >= 0.3 is 0 Å². The van der Waals surface area contributed by atoms with Crippen molar-refractivity contribution in [2.75, 3.05) is 0 Å². The average Bonchev–Trinajstić information content (AvgIpc) is 2.69. The first-order chi connectivity index (χ1) is 12.8. The van der Waals surface area contributed by atoms with E-state index in [0.29, 0.717) is 0 Å². The van der Waals surface area contributed by atoms with Crippen molar-refractivity contribution in [3.05, 3.63) is 84.4 Å². The average molecular weight is 388 g/mol. The Bertz CT molecular complexity index is 940. The summed E-state index contributed by atoms with van der Waals surface area (Å²) in [5.74, 6) is 1.72. The molecular formula is C23H25NOSi2. The number of nitriles is 1. The van der Waals surface area contributed by atoms with E-state index in [1.807, 2.05) is 42.5 Å². The molecule has 0 aliphatic heterocycles. The van der Waals surface area contributed by atoms with Crippen molar-refractivity contribution >= 4 is 25.6 Å². The zero-order valence-electron chi connectivity index (χ0n) is 16.4. The maximum absolute atomic E-state index is 9.06. The summed E-state index contributed by atoms with van der Waals surface area (Å²) in [6.07, 6.45) is 0. The largest absolute Gasteiger partial charge is 0.457 e. The summed E-state index contributed by atoms with van der Waals surface area (Å²) in [4.78, 5) is 0. The summed E-state index contributed by atoms with van der Waals surface area (Å²) in [7, 11) is -3.38. The van der Waals surface area contributed by atoms with Crippen LogP contribution in [0, 0.1) is 11.3 Å². The Morgan fingerprint density at radius 1 is 0.630 bits per heavy atom. The van der Waals surface area contributed by atoms with Crippen LogP contribution in [0.25, 0.3) is 0 Å². The van der Waals surface area contributed by atoms with Gasteiger partial charge in [-0.05, 0) is 36.4 Å². The van der Waals surface area contributed by atoms with E-state index in [9.17, 15) is 0 Å². The van der Waals surface area contributed by atoms with Crippen molar-refractivity contribution in [2.24, 2.45) is 0 Å². The van der Waals surface area contributed by atoms with Gasteiger partial charge in [0.15, 0.2) is 0 Å². The third kappa shape index (κ3) is 3.90. The predicted molar refractivity (Wildman–Crippen MR) is 118 cm³/mol. The summed E-state index contributed by atoms with van der Waals surface area (Å²) in [5.41, 5.74) is 0.727. The Balaban J connectivity index is 1.85. The molecule has 0 N–H and O–H groups in total. The molecule has 0 aliphatic carbocycles. The molecule has 136 valence electrons. The zero-order valence-corrected chi connectivity index (χ0v) is 18.4. The van der Waals surface area contributed by atoms with Crippen molar-refractivity contribution in [1.29, 1.82) is 5.26 Å². The number of benzene rings is 3. The third-order valence-electron chi connectivity index (χ3n) is 5.85. The first-order valence-corrected chi connectivity index (χ1v) is 16.2. The van der Waals surface area contributed by atoms with Crippen LogP contribution in [0.1, 0.15) is 5.56 Å². The lowest BCUT2D eigenvalue weighted by atomic mass is 10.2. The van der Waals surface area contributed by atoms with E-state index in [0.717, 1.165) is 17.1 Å². The van der Waals surface area contributed by atoms with Gasteiger partial charge in [-0.1, -0.05) is 79.0 Å². The van der Waals surface area contributed by atoms with Gasteiger partial charge in [-0.25, -0.2) is 0 Å². The van der Waals surface area contributed by atoms with E-state index in [-0.39, 0.29) is 0 Å². The van der Waals surface area contributed by atoms with Crippen LogP contribution in [-0.4, -0.2) is 15.2 Å². The van der Waals surface area contributed by atoms with Crippen LogP contribution in [-0.2, 0) is 0 Å². The number of para-hydroxylation sites is 1. The van der Waals surface area contributed by atoms with E-state index in [1.165, 1.54) is 10.4 Å². The summed E-state index contributed by atoms with van der Waals surface area (Å²) in [6, 6.07) is 29.0. The van der Waals surface area contributed by atoms with Crippen molar-refractivity contribution in [3.8, 4) is 17.6 Å². The molecular weight excluding hydrogens is 362 g/mol. The maximum Gasteiger partial charge on any atom is 0.127 e. The van der Waals surface area contributed by atoms with Crippen LogP contribution in [0.15, 0.2) is 78.9 Å². The molecule has 0 atom stereocenters. The number of rotatable bonds is 5.